The summed E-state index contributed by atoms with van der Waals surface area (Å²) in [5.41, 5.74) is 6.51. The second kappa shape index (κ2) is 8.80. The fourth-order valence-electron chi connectivity index (χ4n) is 4.39. The smallest absolute Gasteiger partial charge is 0.267 e. The SMILES string of the molecule is Cc1ccc(-c2nc(CSc3nnc4n(-c5ccc(C)cc5C)c(=O)c5ccccc5n34)co2)cc1. The van der Waals surface area contributed by atoms with Gasteiger partial charge in [-0.05, 0) is 56.7 Å². The third-order valence-corrected chi connectivity index (χ3v) is 7.15. The first-order valence-corrected chi connectivity index (χ1v) is 12.6. The van der Waals surface area contributed by atoms with Gasteiger partial charge in [0.15, 0.2) is 5.16 Å². The van der Waals surface area contributed by atoms with Crippen LogP contribution < -0.4 is 5.56 Å². The normalized spacial score (nSPS) is 11.5. The topological polar surface area (TPSA) is 78.2 Å². The molecule has 36 heavy (non-hydrogen) atoms. The summed E-state index contributed by atoms with van der Waals surface area (Å²) in [5, 5.41) is 10.2. The van der Waals surface area contributed by atoms with E-state index in [1.807, 2.05) is 85.8 Å². The van der Waals surface area contributed by atoms with Crippen molar-refractivity contribution >= 4 is 28.4 Å². The summed E-state index contributed by atoms with van der Waals surface area (Å²) >= 11 is 1.50. The average Bonchev–Trinajstić information content (AvgIpc) is 3.52. The highest BCUT2D eigenvalue weighted by Gasteiger charge is 2.19. The van der Waals surface area contributed by atoms with Crippen LogP contribution in [0.4, 0.5) is 0 Å². The number of hydrogen-bond acceptors (Lipinski definition) is 6. The zero-order valence-electron chi connectivity index (χ0n) is 20.1. The Morgan fingerprint density at radius 2 is 1.69 bits per heavy atom. The highest BCUT2D eigenvalue weighted by molar-refractivity contribution is 7.98. The van der Waals surface area contributed by atoms with E-state index < -0.39 is 0 Å². The summed E-state index contributed by atoms with van der Waals surface area (Å²) in [7, 11) is 0. The van der Waals surface area contributed by atoms with Crippen molar-refractivity contribution in [2.75, 3.05) is 0 Å². The van der Waals surface area contributed by atoms with Gasteiger partial charge in [0.1, 0.15) is 6.26 Å². The molecule has 0 unspecified atom stereocenters. The molecule has 0 N–H and O–H groups in total. The van der Waals surface area contributed by atoms with Gasteiger partial charge in [-0.25, -0.2) is 9.55 Å². The molecule has 0 bridgehead atoms. The Bertz CT molecular complexity index is 1800. The fourth-order valence-corrected chi connectivity index (χ4v) is 5.20. The molecule has 0 aliphatic heterocycles. The molecule has 0 saturated carbocycles. The summed E-state index contributed by atoms with van der Waals surface area (Å²) in [5.74, 6) is 1.62. The Morgan fingerprint density at radius 1 is 0.917 bits per heavy atom. The van der Waals surface area contributed by atoms with Crippen molar-refractivity contribution in [3.63, 3.8) is 0 Å². The molecule has 3 aromatic carbocycles. The summed E-state index contributed by atoms with van der Waals surface area (Å²) in [4.78, 5) is 18.2. The van der Waals surface area contributed by atoms with Gasteiger partial charge >= 0.3 is 0 Å². The lowest BCUT2D eigenvalue weighted by molar-refractivity contribution is 0.573. The van der Waals surface area contributed by atoms with Crippen LogP contribution in [-0.2, 0) is 5.75 Å². The van der Waals surface area contributed by atoms with Crippen molar-refractivity contribution in [1.29, 1.82) is 0 Å². The van der Waals surface area contributed by atoms with E-state index >= 15 is 0 Å². The van der Waals surface area contributed by atoms with E-state index in [2.05, 4.69) is 21.2 Å². The minimum absolute atomic E-state index is 0.117. The molecule has 0 aliphatic carbocycles. The fraction of sp³-hybridized carbons (Fsp3) is 0.143. The highest BCUT2D eigenvalue weighted by atomic mass is 32.2. The van der Waals surface area contributed by atoms with Gasteiger partial charge in [0, 0.05) is 11.3 Å². The van der Waals surface area contributed by atoms with Crippen LogP contribution in [0.25, 0.3) is 33.8 Å². The summed E-state index contributed by atoms with van der Waals surface area (Å²) < 4.78 is 9.32. The monoisotopic (exact) mass is 493 g/mol. The Morgan fingerprint density at radius 3 is 2.50 bits per heavy atom. The van der Waals surface area contributed by atoms with Crippen LogP contribution in [0.15, 0.2) is 87.4 Å². The molecular weight excluding hydrogens is 470 g/mol. The first-order chi connectivity index (χ1) is 17.5. The molecule has 7 nitrogen and oxygen atoms in total. The Labute approximate surface area is 211 Å². The van der Waals surface area contributed by atoms with Gasteiger partial charge in [-0.2, -0.15) is 0 Å². The number of fused-ring (bicyclic) bond motifs is 3. The van der Waals surface area contributed by atoms with Crippen molar-refractivity contribution in [3.8, 4) is 17.1 Å². The molecule has 0 spiro atoms. The maximum atomic E-state index is 13.6. The number of aryl methyl sites for hydroxylation is 3. The van der Waals surface area contributed by atoms with Gasteiger partial charge < -0.3 is 4.42 Å². The number of aromatic nitrogens is 5. The third-order valence-electron chi connectivity index (χ3n) is 6.19. The van der Waals surface area contributed by atoms with E-state index in [0.717, 1.165) is 33.6 Å². The molecule has 0 saturated heterocycles. The Balaban J connectivity index is 1.42. The van der Waals surface area contributed by atoms with E-state index in [-0.39, 0.29) is 5.56 Å². The van der Waals surface area contributed by atoms with E-state index in [1.54, 1.807) is 10.8 Å². The quantitative estimate of drug-likeness (QED) is 0.278. The largest absolute Gasteiger partial charge is 0.444 e. The van der Waals surface area contributed by atoms with E-state index in [4.69, 9.17) is 4.42 Å². The van der Waals surface area contributed by atoms with Crippen LogP contribution in [0.3, 0.4) is 0 Å². The molecule has 0 aliphatic rings. The molecule has 3 heterocycles. The van der Waals surface area contributed by atoms with E-state index in [1.165, 1.54) is 17.3 Å². The molecular formula is C28H23N5O2S. The number of hydrogen-bond donors (Lipinski definition) is 0. The van der Waals surface area contributed by atoms with E-state index in [9.17, 15) is 4.79 Å². The molecule has 0 amide bonds. The minimum Gasteiger partial charge on any atom is -0.444 e. The minimum atomic E-state index is -0.117. The maximum absolute atomic E-state index is 13.6. The number of benzene rings is 3. The second-order valence-corrected chi connectivity index (χ2v) is 9.81. The summed E-state index contributed by atoms with van der Waals surface area (Å²) in [6.07, 6.45) is 1.68. The van der Waals surface area contributed by atoms with Gasteiger partial charge in [0.05, 0.1) is 22.3 Å². The van der Waals surface area contributed by atoms with Crippen LogP contribution in [0.5, 0.6) is 0 Å². The zero-order chi connectivity index (χ0) is 24.8. The average molecular weight is 494 g/mol. The first-order valence-electron chi connectivity index (χ1n) is 11.6. The number of oxazole rings is 1. The van der Waals surface area contributed by atoms with Gasteiger partial charge in [0.2, 0.25) is 11.7 Å². The Kier molecular flexibility index (Phi) is 5.45. The molecule has 0 fully saturated rings. The molecule has 6 rings (SSSR count). The molecule has 178 valence electrons. The maximum Gasteiger partial charge on any atom is 0.267 e. The molecule has 0 radical (unpaired) electrons. The lowest BCUT2D eigenvalue weighted by Crippen LogP contribution is -2.22. The highest BCUT2D eigenvalue weighted by Crippen LogP contribution is 2.28. The molecule has 8 heteroatoms. The van der Waals surface area contributed by atoms with Crippen molar-refractivity contribution in [2.45, 2.75) is 31.7 Å². The summed E-state index contributed by atoms with van der Waals surface area (Å²) in [6.45, 7) is 6.09. The van der Waals surface area contributed by atoms with Gasteiger partial charge in [-0.15, -0.1) is 10.2 Å². The number of rotatable bonds is 5. The van der Waals surface area contributed by atoms with Crippen molar-refractivity contribution < 1.29 is 4.42 Å². The van der Waals surface area contributed by atoms with Crippen LogP contribution in [0, 0.1) is 20.8 Å². The number of thioether (sulfide) groups is 1. The lowest BCUT2D eigenvalue weighted by atomic mass is 10.1. The Hall–Kier alpha value is -4.17. The van der Waals surface area contributed by atoms with E-state index in [0.29, 0.717) is 28.0 Å². The first kappa shape index (κ1) is 22.3. The van der Waals surface area contributed by atoms with Crippen molar-refractivity contribution in [2.24, 2.45) is 0 Å². The predicted octanol–water partition coefficient (Wildman–Crippen LogP) is 5.91. The lowest BCUT2D eigenvalue weighted by Gasteiger charge is -2.13. The van der Waals surface area contributed by atoms with Crippen LogP contribution in [-0.4, -0.2) is 24.1 Å². The van der Waals surface area contributed by atoms with Crippen LogP contribution in [0.1, 0.15) is 22.4 Å². The second-order valence-electron chi connectivity index (χ2n) is 8.86. The number of nitrogens with zero attached hydrogens (tertiary/aromatic N) is 5. The van der Waals surface area contributed by atoms with Crippen LogP contribution in [0.2, 0.25) is 0 Å². The predicted molar refractivity (Wildman–Crippen MR) is 142 cm³/mol. The molecule has 6 aromatic rings. The van der Waals surface area contributed by atoms with Gasteiger partial charge in [-0.1, -0.05) is 59.3 Å². The van der Waals surface area contributed by atoms with Gasteiger partial charge in [0.25, 0.3) is 5.56 Å². The van der Waals surface area contributed by atoms with Gasteiger partial charge in [-0.3, -0.25) is 9.20 Å². The summed E-state index contributed by atoms with van der Waals surface area (Å²) in [6, 6.07) is 21.7. The van der Waals surface area contributed by atoms with Crippen LogP contribution >= 0.6 is 11.8 Å². The zero-order valence-corrected chi connectivity index (χ0v) is 20.9. The van der Waals surface area contributed by atoms with Crippen molar-refractivity contribution in [3.05, 3.63) is 106 Å². The standard InChI is InChI=1S/C28H23N5O2S/c1-17-8-11-20(12-9-17)25-29-21(15-35-25)16-36-28-31-30-27-32(23-13-10-18(2)14-19(23)3)26(34)22-6-4-5-7-24(22)33(27)28/h4-15H,16H2,1-3H3. The van der Waals surface area contributed by atoms with Crippen molar-refractivity contribution in [1.82, 2.24) is 24.1 Å². The molecule has 0 atom stereocenters. The number of para-hydroxylation sites is 1. The third kappa shape index (κ3) is 3.79. The molecule has 3 aromatic heterocycles.